The van der Waals surface area contributed by atoms with E-state index in [4.69, 9.17) is 9.47 Å². The van der Waals surface area contributed by atoms with Gasteiger partial charge in [0.2, 0.25) is 5.91 Å². The molecule has 6 nitrogen and oxygen atoms in total. The Hall–Kier alpha value is -1.92. The van der Waals surface area contributed by atoms with Crippen LogP contribution in [0.5, 0.6) is 0 Å². The summed E-state index contributed by atoms with van der Waals surface area (Å²) >= 11 is 0. The predicted molar refractivity (Wildman–Crippen MR) is 89.9 cm³/mol. The normalized spacial score (nSPS) is 24.2. The smallest absolute Gasteiger partial charge is 0.253 e. The summed E-state index contributed by atoms with van der Waals surface area (Å²) in [6.07, 6.45) is 2.11. The molecular formula is C18H24N2O4. The van der Waals surface area contributed by atoms with Crippen LogP contribution in [-0.2, 0) is 25.5 Å². The molecule has 2 amide bonds. The van der Waals surface area contributed by atoms with Crippen LogP contribution in [0.15, 0.2) is 24.3 Å². The van der Waals surface area contributed by atoms with Gasteiger partial charge in [0.25, 0.3) is 5.91 Å². The van der Waals surface area contributed by atoms with Crippen molar-refractivity contribution in [3.05, 3.63) is 29.8 Å². The molecule has 0 radical (unpaired) electrons. The number of ether oxygens (including phenoxy) is 2. The average molecular weight is 332 g/mol. The predicted octanol–water partition coefficient (Wildman–Crippen LogP) is 1.28. The molecular weight excluding hydrogens is 308 g/mol. The van der Waals surface area contributed by atoms with E-state index in [2.05, 4.69) is 12.2 Å². The molecule has 2 fully saturated rings. The Labute approximate surface area is 142 Å². The fourth-order valence-corrected chi connectivity index (χ4v) is 3.02. The van der Waals surface area contributed by atoms with Crippen LogP contribution in [0.1, 0.15) is 25.3 Å². The third kappa shape index (κ3) is 3.94. The molecule has 2 unspecified atom stereocenters. The minimum atomic E-state index is -0.340. The Balaban J connectivity index is 1.56. The minimum Gasteiger partial charge on any atom is -0.368 e. The molecule has 1 N–H and O–H groups in total. The molecule has 0 aromatic heterocycles. The monoisotopic (exact) mass is 332 g/mol. The SMILES string of the molecule is CCc1ccc(N2CC(CNC(=O)C3CCCO3)OCC2=O)cc1. The van der Waals surface area contributed by atoms with Crippen molar-refractivity contribution in [1.82, 2.24) is 5.32 Å². The van der Waals surface area contributed by atoms with Crippen LogP contribution in [-0.4, -0.2) is 50.3 Å². The third-order valence-electron chi connectivity index (χ3n) is 4.51. The van der Waals surface area contributed by atoms with Crippen molar-refractivity contribution in [3.63, 3.8) is 0 Å². The zero-order valence-corrected chi connectivity index (χ0v) is 14.0. The van der Waals surface area contributed by atoms with Gasteiger partial charge in [0, 0.05) is 18.8 Å². The number of rotatable bonds is 5. The van der Waals surface area contributed by atoms with E-state index in [9.17, 15) is 9.59 Å². The summed E-state index contributed by atoms with van der Waals surface area (Å²) < 4.78 is 10.9. The fourth-order valence-electron chi connectivity index (χ4n) is 3.02. The molecule has 0 aliphatic carbocycles. The zero-order valence-electron chi connectivity index (χ0n) is 14.0. The molecule has 3 rings (SSSR count). The van der Waals surface area contributed by atoms with Crippen molar-refractivity contribution >= 4 is 17.5 Å². The first kappa shape index (κ1) is 16.9. The number of anilines is 1. The van der Waals surface area contributed by atoms with E-state index in [1.165, 1.54) is 5.56 Å². The second-order valence-corrected chi connectivity index (χ2v) is 6.20. The van der Waals surface area contributed by atoms with E-state index in [0.29, 0.717) is 19.7 Å². The number of morpholine rings is 1. The van der Waals surface area contributed by atoms with E-state index in [1.807, 2.05) is 24.3 Å². The molecule has 1 aromatic rings. The van der Waals surface area contributed by atoms with Gasteiger partial charge in [-0.05, 0) is 37.0 Å². The first-order valence-corrected chi connectivity index (χ1v) is 8.57. The van der Waals surface area contributed by atoms with Crippen molar-refractivity contribution in [2.24, 2.45) is 0 Å². The Morgan fingerprint density at radius 2 is 2.08 bits per heavy atom. The first-order chi connectivity index (χ1) is 11.7. The van der Waals surface area contributed by atoms with Gasteiger partial charge in [-0.1, -0.05) is 19.1 Å². The number of nitrogens with zero attached hydrogens (tertiary/aromatic N) is 1. The highest BCUT2D eigenvalue weighted by molar-refractivity contribution is 5.95. The number of carbonyl (C=O) groups excluding carboxylic acids is 2. The maximum absolute atomic E-state index is 12.1. The van der Waals surface area contributed by atoms with Crippen LogP contribution >= 0.6 is 0 Å². The van der Waals surface area contributed by atoms with Gasteiger partial charge >= 0.3 is 0 Å². The number of nitrogens with one attached hydrogen (secondary N) is 1. The van der Waals surface area contributed by atoms with E-state index in [0.717, 1.165) is 24.9 Å². The Kier molecular flexibility index (Phi) is 5.48. The van der Waals surface area contributed by atoms with E-state index in [1.54, 1.807) is 4.90 Å². The van der Waals surface area contributed by atoms with Crippen molar-refractivity contribution in [2.45, 2.75) is 38.4 Å². The van der Waals surface area contributed by atoms with Crippen LogP contribution in [0.2, 0.25) is 0 Å². The standard InChI is InChI=1S/C18H24N2O4/c1-2-13-5-7-14(8-6-13)20-11-15(24-12-17(20)21)10-19-18(22)16-4-3-9-23-16/h5-8,15-16H,2-4,9-12H2,1H3,(H,19,22). The molecule has 0 spiro atoms. The van der Waals surface area contributed by atoms with Crippen molar-refractivity contribution in [2.75, 3.05) is 31.2 Å². The summed E-state index contributed by atoms with van der Waals surface area (Å²) in [6.45, 7) is 3.61. The van der Waals surface area contributed by atoms with Crippen molar-refractivity contribution < 1.29 is 19.1 Å². The maximum atomic E-state index is 12.1. The Morgan fingerprint density at radius 1 is 1.29 bits per heavy atom. The van der Waals surface area contributed by atoms with Crippen LogP contribution in [0.4, 0.5) is 5.69 Å². The molecule has 6 heteroatoms. The zero-order chi connectivity index (χ0) is 16.9. The summed E-state index contributed by atoms with van der Waals surface area (Å²) in [6, 6.07) is 7.99. The van der Waals surface area contributed by atoms with E-state index >= 15 is 0 Å². The molecule has 2 saturated heterocycles. The van der Waals surface area contributed by atoms with Crippen LogP contribution < -0.4 is 10.2 Å². The van der Waals surface area contributed by atoms with Gasteiger partial charge < -0.3 is 19.7 Å². The van der Waals surface area contributed by atoms with Crippen LogP contribution in [0.25, 0.3) is 0 Å². The summed E-state index contributed by atoms with van der Waals surface area (Å²) in [7, 11) is 0. The van der Waals surface area contributed by atoms with Crippen LogP contribution in [0.3, 0.4) is 0 Å². The topological polar surface area (TPSA) is 67.9 Å². The molecule has 24 heavy (non-hydrogen) atoms. The Bertz CT molecular complexity index is 581. The van der Waals surface area contributed by atoms with Gasteiger partial charge in [0.1, 0.15) is 12.7 Å². The van der Waals surface area contributed by atoms with Gasteiger partial charge in [0.15, 0.2) is 0 Å². The second-order valence-electron chi connectivity index (χ2n) is 6.20. The summed E-state index contributed by atoms with van der Waals surface area (Å²) in [5.74, 6) is -0.146. The number of aryl methyl sites for hydroxylation is 1. The quantitative estimate of drug-likeness (QED) is 0.882. The summed E-state index contributed by atoms with van der Waals surface area (Å²) in [5.41, 5.74) is 2.11. The molecule has 2 heterocycles. The van der Waals surface area contributed by atoms with Crippen molar-refractivity contribution in [3.8, 4) is 0 Å². The van der Waals surface area contributed by atoms with Gasteiger partial charge in [-0.2, -0.15) is 0 Å². The molecule has 2 aliphatic rings. The Morgan fingerprint density at radius 3 is 2.75 bits per heavy atom. The van der Waals surface area contributed by atoms with Crippen LogP contribution in [0, 0.1) is 0 Å². The molecule has 0 saturated carbocycles. The maximum Gasteiger partial charge on any atom is 0.253 e. The number of carbonyl (C=O) groups is 2. The summed E-state index contributed by atoms with van der Waals surface area (Å²) in [5, 5.41) is 2.87. The largest absolute Gasteiger partial charge is 0.368 e. The molecule has 130 valence electrons. The minimum absolute atomic E-state index is 0.0377. The fraction of sp³-hybridized carbons (Fsp3) is 0.556. The number of hydrogen-bond donors (Lipinski definition) is 1. The first-order valence-electron chi connectivity index (χ1n) is 8.57. The number of amides is 2. The highest BCUT2D eigenvalue weighted by Crippen LogP contribution is 2.19. The van der Waals surface area contributed by atoms with Gasteiger partial charge in [0.05, 0.1) is 12.6 Å². The summed E-state index contributed by atoms with van der Waals surface area (Å²) in [4.78, 5) is 25.9. The lowest BCUT2D eigenvalue weighted by molar-refractivity contribution is -0.132. The molecule has 0 bridgehead atoms. The highest BCUT2D eigenvalue weighted by atomic mass is 16.5. The molecule has 2 aliphatic heterocycles. The van der Waals surface area contributed by atoms with E-state index < -0.39 is 0 Å². The average Bonchev–Trinajstić information content (AvgIpc) is 3.15. The second kappa shape index (κ2) is 7.77. The lowest BCUT2D eigenvalue weighted by Gasteiger charge is -2.33. The molecule has 2 atom stereocenters. The third-order valence-corrected chi connectivity index (χ3v) is 4.51. The van der Waals surface area contributed by atoms with Gasteiger partial charge in [-0.15, -0.1) is 0 Å². The lowest BCUT2D eigenvalue weighted by Crippen LogP contribution is -2.51. The number of hydrogen-bond acceptors (Lipinski definition) is 4. The van der Waals surface area contributed by atoms with Gasteiger partial charge in [-0.3, -0.25) is 9.59 Å². The highest BCUT2D eigenvalue weighted by Gasteiger charge is 2.29. The number of benzene rings is 1. The van der Waals surface area contributed by atoms with Gasteiger partial charge in [-0.25, -0.2) is 0 Å². The molecule has 1 aromatic carbocycles. The van der Waals surface area contributed by atoms with Crippen molar-refractivity contribution in [1.29, 1.82) is 0 Å². The van der Waals surface area contributed by atoms with E-state index in [-0.39, 0.29) is 30.6 Å². The lowest BCUT2D eigenvalue weighted by atomic mass is 10.1.